The van der Waals surface area contributed by atoms with Gasteiger partial charge in [-0.1, -0.05) is 0 Å². The molecular formula is C12H14N2O3. The minimum atomic E-state index is -0.440. The van der Waals surface area contributed by atoms with Crippen LogP contribution in [-0.2, 0) is 0 Å². The molecule has 1 aromatic rings. The molecule has 1 aliphatic heterocycles. The first-order valence-corrected chi connectivity index (χ1v) is 5.38. The quantitative estimate of drug-likeness (QED) is 0.644. The molecule has 0 saturated heterocycles. The van der Waals surface area contributed by atoms with Crippen molar-refractivity contribution in [3.63, 3.8) is 0 Å². The maximum absolute atomic E-state index is 10.4. The summed E-state index contributed by atoms with van der Waals surface area (Å²) in [5, 5.41) is 13.7. The van der Waals surface area contributed by atoms with Crippen molar-refractivity contribution in [3.8, 4) is 5.75 Å². The Morgan fingerprint density at radius 3 is 2.94 bits per heavy atom. The molecule has 0 amide bonds. The van der Waals surface area contributed by atoms with Crippen LogP contribution in [0.3, 0.4) is 0 Å². The van der Waals surface area contributed by atoms with E-state index in [1.165, 1.54) is 0 Å². The van der Waals surface area contributed by atoms with Gasteiger partial charge in [0.25, 0.3) is 0 Å². The second kappa shape index (κ2) is 4.45. The molecule has 2 unspecified atom stereocenters. The van der Waals surface area contributed by atoms with Gasteiger partial charge in [0.15, 0.2) is 0 Å². The smallest absolute Gasteiger partial charge is 0.231 e. The van der Waals surface area contributed by atoms with Gasteiger partial charge in [0, 0.05) is 17.6 Å². The van der Waals surface area contributed by atoms with Crippen molar-refractivity contribution < 1.29 is 9.66 Å². The lowest BCUT2D eigenvalue weighted by Gasteiger charge is -2.10. The number of ether oxygens (including phenoxy) is 1. The molecule has 0 radical (unpaired) electrons. The van der Waals surface area contributed by atoms with Crippen LogP contribution in [0.15, 0.2) is 30.5 Å². The average Bonchev–Trinajstić information content (AvgIpc) is 2.61. The summed E-state index contributed by atoms with van der Waals surface area (Å²) >= 11 is 0. The standard InChI is InChI=1S/C12H14N2O3/c1-8-10(5-6-14(15)16)11-7-9(17-2)3-4-12(11)13-8/h3-8,10,13H,1-2H3/b6-5+. The van der Waals surface area contributed by atoms with Gasteiger partial charge in [-0.05, 0) is 36.8 Å². The molecule has 90 valence electrons. The summed E-state index contributed by atoms with van der Waals surface area (Å²) in [6.07, 6.45) is 2.61. The molecule has 0 saturated carbocycles. The van der Waals surface area contributed by atoms with Crippen LogP contribution in [0.5, 0.6) is 5.75 Å². The van der Waals surface area contributed by atoms with Crippen molar-refractivity contribution in [2.75, 3.05) is 12.4 Å². The van der Waals surface area contributed by atoms with E-state index in [4.69, 9.17) is 4.74 Å². The summed E-state index contributed by atoms with van der Waals surface area (Å²) in [5.74, 6) is 0.768. The number of hydrogen-bond donors (Lipinski definition) is 1. The Morgan fingerprint density at radius 1 is 1.53 bits per heavy atom. The maximum Gasteiger partial charge on any atom is 0.231 e. The highest BCUT2D eigenvalue weighted by Crippen LogP contribution is 2.38. The molecule has 0 bridgehead atoms. The van der Waals surface area contributed by atoms with Gasteiger partial charge < -0.3 is 10.1 Å². The third-order valence-electron chi connectivity index (χ3n) is 2.95. The lowest BCUT2D eigenvalue weighted by Crippen LogP contribution is -2.14. The monoisotopic (exact) mass is 234 g/mol. The molecule has 1 aliphatic rings. The molecule has 0 spiro atoms. The van der Waals surface area contributed by atoms with E-state index in [9.17, 15) is 10.1 Å². The lowest BCUT2D eigenvalue weighted by molar-refractivity contribution is -0.402. The zero-order valence-electron chi connectivity index (χ0n) is 9.71. The Morgan fingerprint density at radius 2 is 2.29 bits per heavy atom. The minimum Gasteiger partial charge on any atom is -0.497 e. The molecule has 1 aromatic carbocycles. The topological polar surface area (TPSA) is 64.4 Å². The number of hydrogen-bond acceptors (Lipinski definition) is 4. The Labute approximate surface area is 99.2 Å². The molecule has 0 aromatic heterocycles. The summed E-state index contributed by atoms with van der Waals surface area (Å²) in [6.45, 7) is 2.00. The molecule has 2 rings (SSSR count). The zero-order chi connectivity index (χ0) is 12.4. The molecule has 17 heavy (non-hydrogen) atoms. The van der Waals surface area contributed by atoms with Gasteiger partial charge in [-0.3, -0.25) is 10.1 Å². The number of nitrogens with one attached hydrogen (secondary N) is 1. The fourth-order valence-corrected chi connectivity index (χ4v) is 2.11. The molecular weight excluding hydrogens is 220 g/mol. The number of methoxy groups -OCH3 is 1. The van der Waals surface area contributed by atoms with Gasteiger partial charge in [0.1, 0.15) is 5.75 Å². The van der Waals surface area contributed by atoms with Crippen LogP contribution in [0.2, 0.25) is 0 Å². The van der Waals surface area contributed by atoms with Gasteiger partial charge in [0.2, 0.25) is 6.20 Å². The minimum absolute atomic E-state index is 0.00509. The molecule has 5 heteroatoms. The van der Waals surface area contributed by atoms with E-state index in [-0.39, 0.29) is 12.0 Å². The fraction of sp³-hybridized carbons (Fsp3) is 0.333. The number of nitro groups is 1. The highest BCUT2D eigenvalue weighted by atomic mass is 16.6. The van der Waals surface area contributed by atoms with E-state index < -0.39 is 4.92 Å². The van der Waals surface area contributed by atoms with Crippen LogP contribution >= 0.6 is 0 Å². The summed E-state index contributed by atoms with van der Waals surface area (Å²) in [4.78, 5) is 9.93. The molecule has 2 atom stereocenters. The Balaban J connectivity index is 2.34. The van der Waals surface area contributed by atoms with Crippen LogP contribution in [-0.4, -0.2) is 18.1 Å². The zero-order valence-corrected chi connectivity index (χ0v) is 9.71. The average molecular weight is 234 g/mol. The number of fused-ring (bicyclic) bond motifs is 1. The number of benzene rings is 1. The first-order valence-electron chi connectivity index (χ1n) is 5.38. The third kappa shape index (κ3) is 2.22. The predicted molar refractivity (Wildman–Crippen MR) is 65.0 cm³/mol. The second-order valence-corrected chi connectivity index (χ2v) is 4.04. The van der Waals surface area contributed by atoms with Crippen LogP contribution in [0.25, 0.3) is 0 Å². The van der Waals surface area contributed by atoms with E-state index in [2.05, 4.69) is 5.32 Å². The fourth-order valence-electron chi connectivity index (χ4n) is 2.11. The molecule has 5 nitrogen and oxygen atoms in total. The van der Waals surface area contributed by atoms with E-state index >= 15 is 0 Å². The summed E-state index contributed by atoms with van der Waals surface area (Å²) in [7, 11) is 1.61. The summed E-state index contributed by atoms with van der Waals surface area (Å²) in [6, 6.07) is 5.87. The number of nitrogens with zero attached hydrogens (tertiary/aromatic N) is 1. The maximum atomic E-state index is 10.4. The van der Waals surface area contributed by atoms with Gasteiger partial charge in [-0.25, -0.2) is 0 Å². The SMILES string of the molecule is COc1ccc2c(c1)C(/C=C/[N+](=O)[O-])C(C)N2. The van der Waals surface area contributed by atoms with Crippen LogP contribution in [0, 0.1) is 10.1 Å². The van der Waals surface area contributed by atoms with E-state index in [0.717, 1.165) is 23.2 Å². The molecule has 0 aliphatic carbocycles. The third-order valence-corrected chi connectivity index (χ3v) is 2.95. The largest absolute Gasteiger partial charge is 0.497 e. The van der Waals surface area contributed by atoms with Crippen LogP contribution in [0.4, 0.5) is 5.69 Å². The summed E-state index contributed by atoms with van der Waals surface area (Å²) in [5.41, 5.74) is 2.05. The van der Waals surface area contributed by atoms with Crippen LogP contribution < -0.4 is 10.1 Å². The van der Waals surface area contributed by atoms with E-state index in [1.54, 1.807) is 13.2 Å². The lowest BCUT2D eigenvalue weighted by atomic mass is 9.96. The molecule has 1 heterocycles. The van der Waals surface area contributed by atoms with Crippen molar-refractivity contribution >= 4 is 5.69 Å². The number of anilines is 1. The van der Waals surface area contributed by atoms with Crippen molar-refractivity contribution in [1.82, 2.24) is 0 Å². The Bertz CT molecular complexity index is 471. The first kappa shape index (κ1) is 11.4. The van der Waals surface area contributed by atoms with Crippen molar-refractivity contribution in [2.24, 2.45) is 0 Å². The predicted octanol–water partition coefficient (Wildman–Crippen LogP) is 2.38. The van der Waals surface area contributed by atoms with Gasteiger partial charge in [-0.15, -0.1) is 0 Å². The van der Waals surface area contributed by atoms with Gasteiger partial charge in [0.05, 0.1) is 12.0 Å². The number of rotatable bonds is 3. The highest BCUT2D eigenvalue weighted by Gasteiger charge is 2.27. The van der Waals surface area contributed by atoms with Crippen molar-refractivity contribution in [1.29, 1.82) is 0 Å². The second-order valence-electron chi connectivity index (χ2n) is 4.04. The van der Waals surface area contributed by atoms with E-state index in [0.29, 0.717) is 0 Å². The highest BCUT2D eigenvalue weighted by molar-refractivity contribution is 5.62. The van der Waals surface area contributed by atoms with Crippen LogP contribution in [0.1, 0.15) is 18.4 Å². The van der Waals surface area contributed by atoms with Crippen molar-refractivity contribution in [2.45, 2.75) is 18.9 Å². The summed E-state index contributed by atoms with van der Waals surface area (Å²) < 4.78 is 5.16. The van der Waals surface area contributed by atoms with Gasteiger partial charge >= 0.3 is 0 Å². The first-order chi connectivity index (χ1) is 8.11. The molecule has 1 N–H and O–H groups in total. The van der Waals surface area contributed by atoms with Crippen molar-refractivity contribution in [3.05, 3.63) is 46.2 Å². The normalized spacial score (nSPS) is 22.2. The molecule has 0 fully saturated rings. The van der Waals surface area contributed by atoms with E-state index in [1.807, 2.05) is 25.1 Å². The van der Waals surface area contributed by atoms with Gasteiger partial charge in [-0.2, -0.15) is 0 Å². The Kier molecular flexibility index (Phi) is 2.99. The Hall–Kier alpha value is -2.04.